The molecule has 2 N–H and O–H groups in total. The number of ether oxygens (including phenoxy) is 1. The lowest BCUT2D eigenvalue weighted by atomic mass is 10.0. The quantitative estimate of drug-likeness (QED) is 0.730. The van der Waals surface area contributed by atoms with Crippen LogP contribution in [0.25, 0.3) is 22.3 Å². The number of aromatic hydroxyl groups is 1. The Kier molecular flexibility index (Phi) is 4.31. The molecule has 3 heterocycles. The summed E-state index contributed by atoms with van der Waals surface area (Å²) < 4.78 is 7.57. The van der Waals surface area contributed by atoms with Crippen LogP contribution >= 0.6 is 0 Å². The second-order valence-electron chi connectivity index (χ2n) is 6.91. The molecule has 0 saturated carbocycles. The number of rotatable bonds is 3. The van der Waals surface area contributed by atoms with E-state index in [1.807, 2.05) is 6.92 Å². The van der Waals surface area contributed by atoms with Crippen molar-refractivity contribution < 1.29 is 19.7 Å². The molecule has 7 heteroatoms. The third-order valence-corrected chi connectivity index (χ3v) is 4.98. The largest absolute Gasteiger partial charge is 0.508 e. The van der Waals surface area contributed by atoms with Gasteiger partial charge in [0.05, 0.1) is 22.3 Å². The van der Waals surface area contributed by atoms with Crippen molar-refractivity contribution in [3.8, 4) is 17.0 Å². The molecule has 0 spiro atoms. The summed E-state index contributed by atoms with van der Waals surface area (Å²) in [6.07, 6.45) is 2.64. The van der Waals surface area contributed by atoms with Gasteiger partial charge in [-0.3, -0.25) is 0 Å². The first-order chi connectivity index (χ1) is 13.0. The fourth-order valence-corrected chi connectivity index (χ4v) is 3.67. The van der Waals surface area contributed by atoms with E-state index >= 15 is 0 Å². The van der Waals surface area contributed by atoms with Gasteiger partial charge in [0.15, 0.2) is 11.9 Å². The molecule has 1 aliphatic heterocycles. The van der Waals surface area contributed by atoms with Gasteiger partial charge in [-0.15, -0.1) is 0 Å². The van der Waals surface area contributed by atoms with Crippen LogP contribution in [-0.2, 0) is 4.74 Å². The summed E-state index contributed by atoms with van der Waals surface area (Å²) in [7, 11) is 0. The summed E-state index contributed by atoms with van der Waals surface area (Å²) in [4.78, 5) is 16.7. The number of phenols is 1. The monoisotopic (exact) mass is 367 g/mol. The number of benzene rings is 1. The third kappa shape index (κ3) is 3.04. The highest BCUT2D eigenvalue weighted by Gasteiger charge is 2.25. The van der Waals surface area contributed by atoms with E-state index in [0.29, 0.717) is 29.0 Å². The Morgan fingerprint density at radius 2 is 2.07 bits per heavy atom. The SMILES string of the molecule is Cc1cc(O)ccc1-c1cc(C(=O)O)c2c(C)nn(C3CCCCO3)c2n1. The lowest BCUT2D eigenvalue weighted by Gasteiger charge is -2.23. The van der Waals surface area contributed by atoms with Crippen LogP contribution in [0.5, 0.6) is 5.75 Å². The second kappa shape index (κ2) is 6.66. The highest BCUT2D eigenvalue weighted by molar-refractivity contribution is 6.04. The number of aromatic carboxylic acids is 1. The Morgan fingerprint density at radius 3 is 2.74 bits per heavy atom. The first-order valence-electron chi connectivity index (χ1n) is 9.00. The Balaban J connectivity index is 1.97. The van der Waals surface area contributed by atoms with Crippen LogP contribution in [0.2, 0.25) is 0 Å². The topological polar surface area (TPSA) is 97.5 Å². The number of aryl methyl sites for hydroxylation is 2. The number of pyridine rings is 1. The van der Waals surface area contributed by atoms with Gasteiger partial charge >= 0.3 is 5.97 Å². The van der Waals surface area contributed by atoms with Crippen molar-refractivity contribution in [1.82, 2.24) is 14.8 Å². The lowest BCUT2D eigenvalue weighted by Crippen LogP contribution is -2.19. The second-order valence-corrected chi connectivity index (χ2v) is 6.91. The first kappa shape index (κ1) is 17.5. The van der Waals surface area contributed by atoms with Crippen LogP contribution in [0, 0.1) is 13.8 Å². The average molecular weight is 367 g/mol. The molecular formula is C20H21N3O4. The number of aromatic nitrogens is 3. The molecule has 1 aromatic carbocycles. The van der Waals surface area contributed by atoms with Gasteiger partial charge in [0.2, 0.25) is 0 Å². The minimum absolute atomic E-state index is 0.160. The third-order valence-electron chi connectivity index (χ3n) is 4.98. The van der Waals surface area contributed by atoms with Crippen LogP contribution in [-0.4, -0.2) is 37.6 Å². The van der Waals surface area contributed by atoms with Crippen LogP contribution in [0.3, 0.4) is 0 Å². The molecule has 0 amide bonds. The van der Waals surface area contributed by atoms with Gasteiger partial charge in [-0.25, -0.2) is 14.5 Å². The zero-order valence-electron chi connectivity index (χ0n) is 15.3. The molecule has 27 heavy (non-hydrogen) atoms. The van der Waals surface area contributed by atoms with Gasteiger partial charge in [-0.05, 0) is 62.9 Å². The smallest absolute Gasteiger partial charge is 0.336 e. The van der Waals surface area contributed by atoms with E-state index in [4.69, 9.17) is 9.72 Å². The van der Waals surface area contributed by atoms with E-state index < -0.39 is 5.97 Å². The van der Waals surface area contributed by atoms with E-state index in [0.717, 1.165) is 30.4 Å². The van der Waals surface area contributed by atoms with E-state index in [9.17, 15) is 15.0 Å². The standard InChI is InChI=1S/C20H21N3O4/c1-11-9-13(24)6-7-14(11)16-10-15(20(25)26)18-12(2)22-23(19(18)21-16)17-5-3-4-8-27-17/h6-7,9-10,17,24H,3-5,8H2,1-2H3,(H,25,26). The molecule has 0 bridgehead atoms. The zero-order valence-corrected chi connectivity index (χ0v) is 15.3. The molecule has 1 fully saturated rings. The highest BCUT2D eigenvalue weighted by Crippen LogP contribution is 2.33. The summed E-state index contributed by atoms with van der Waals surface area (Å²) in [5.74, 6) is -0.862. The summed E-state index contributed by atoms with van der Waals surface area (Å²) in [5.41, 5.74) is 3.43. The predicted octanol–water partition coefficient (Wildman–Crippen LogP) is 3.82. The van der Waals surface area contributed by atoms with Crippen molar-refractivity contribution in [3.05, 3.63) is 41.1 Å². The highest BCUT2D eigenvalue weighted by atomic mass is 16.5. The van der Waals surface area contributed by atoms with Crippen molar-refractivity contribution in [3.63, 3.8) is 0 Å². The van der Waals surface area contributed by atoms with Gasteiger partial charge in [0.25, 0.3) is 0 Å². The summed E-state index contributed by atoms with van der Waals surface area (Å²) in [6.45, 7) is 4.31. The summed E-state index contributed by atoms with van der Waals surface area (Å²) >= 11 is 0. The van der Waals surface area contributed by atoms with Crippen LogP contribution in [0.15, 0.2) is 24.3 Å². The number of carboxylic acid groups (broad SMARTS) is 1. The number of nitrogens with zero attached hydrogens (tertiary/aromatic N) is 3. The molecule has 4 rings (SSSR count). The predicted molar refractivity (Wildman–Crippen MR) is 99.9 cm³/mol. The number of carbonyl (C=O) groups is 1. The number of fused-ring (bicyclic) bond motifs is 1. The molecule has 7 nitrogen and oxygen atoms in total. The van der Waals surface area contributed by atoms with Crippen molar-refractivity contribution in [2.75, 3.05) is 6.61 Å². The van der Waals surface area contributed by atoms with E-state index in [-0.39, 0.29) is 17.5 Å². The molecule has 0 radical (unpaired) electrons. The molecule has 2 aromatic heterocycles. The summed E-state index contributed by atoms with van der Waals surface area (Å²) in [6, 6.07) is 6.52. The van der Waals surface area contributed by atoms with E-state index in [1.54, 1.807) is 35.9 Å². The van der Waals surface area contributed by atoms with Gasteiger partial charge in [-0.1, -0.05) is 0 Å². The fraction of sp³-hybridized carbons (Fsp3) is 0.350. The molecule has 1 atom stereocenters. The van der Waals surface area contributed by atoms with Crippen molar-refractivity contribution in [2.24, 2.45) is 0 Å². The van der Waals surface area contributed by atoms with Gasteiger partial charge < -0.3 is 14.9 Å². The maximum atomic E-state index is 11.9. The summed E-state index contributed by atoms with van der Waals surface area (Å²) in [5, 5.41) is 24.5. The molecule has 0 aliphatic carbocycles. The number of carboxylic acids is 1. The first-order valence-corrected chi connectivity index (χ1v) is 9.00. The minimum atomic E-state index is -1.02. The number of phenolic OH excluding ortho intramolecular Hbond substituents is 1. The number of hydrogen-bond donors (Lipinski definition) is 2. The van der Waals surface area contributed by atoms with Crippen LogP contribution < -0.4 is 0 Å². The molecule has 3 aromatic rings. The number of hydrogen-bond acceptors (Lipinski definition) is 5. The van der Waals surface area contributed by atoms with E-state index in [2.05, 4.69) is 5.10 Å². The lowest BCUT2D eigenvalue weighted by molar-refractivity contribution is -0.0371. The maximum Gasteiger partial charge on any atom is 0.336 e. The van der Waals surface area contributed by atoms with Crippen LogP contribution in [0.1, 0.15) is 47.1 Å². The van der Waals surface area contributed by atoms with Gasteiger partial charge in [0, 0.05) is 12.2 Å². The van der Waals surface area contributed by atoms with Gasteiger partial charge in [0.1, 0.15) is 5.75 Å². The Hall–Kier alpha value is -2.93. The zero-order chi connectivity index (χ0) is 19.1. The molecule has 1 unspecified atom stereocenters. The Morgan fingerprint density at radius 1 is 1.26 bits per heavy atom. The van der Waals surface area contributed by atoms with Crippen LogP contribution in [0.4, 0.5) is 0 Å². The minimum Gasteiger partial charge on any atom is -0.508 e. The van der Waals surface area contributed by atoms with E-state index in [1.165, 1.54) is 0 Å². The van der Waals surface area contributed by atoms with Crippen molar-refractivity contribution in [2.45, 2.75) is 39.3 Å². The Bertz CT molecular complexity index is 1040. The molecule has 1 saturated heterocycles. The normalized spacial score (nSPS) is 17.3. The maximum absolute atomic E-state index is 11.9. The molecular weight excluding hydrogens is 346 g/mol. The molecule has 1 aliphatic rings. The average Bonchev–Trinajstić information content (AvgIpc) is 2.98. The Labute approximate surface area is 156 Å². The fourth-order valence-electron chi connectivity index (χ4n) is 3.67. The van der Waals surface area contributed by atoms with Crippen molar-refractivity contribution in [1.29, 1.82) is 0 Å². The molecule has 140 valence electrons. The van der Waals surface area contributed by atoms with Crippen molar-refractivity contribution >= 4 is 17.0 Å². The van der Waals surface area contributed by atoms with Gasteiger partial charge in [-0.2, -0.15) is 5.10 Å².